The van der Waals surface area contributed by atoms with E-state index in [9.17, 15) is 4.79 Å². The number of rotatable bonds is 6. The van der Waals surface area contributed by atoms with Gasteiger partial charge in [0.25, 0.3) is 0 Å². The van der Waals surface area contributed by atoms with Crippen molar-refractivity contribution < 1.29 is 4.79 Å². The van der Waals surface area contributed by atoms with Crippen molar-refractivity contribution in [1.29, 1.82) is 0 Å². The van der Waals surface area contributed by atoms with E-state index in [1.54, 1.807) is 0 Å². The Balaban J connectivity index is 1.73. The molecule has 0 aliphatic rings. The van der Waals surface area contributed by atoms with Gasteiger partial charge in [0, 0.05) is 18.2 Å². The molecule has 1 N–H and O–H groups in total. The van der Waals surface area contributed by atoms with Crippen molar-refractivity contribution in [3.8, 4) is 17.1 Å². The molecule has 0 fully saturated rings. The summed E-state index contributed by atoms with van der Waals surface area (Å²) >= 11 is 1.19. The molecule has 6 nitrogen and oxygen atoms in total. The lowest BCUT2D eigenvalue weighted by molar-refractivity contribution is -0.110. The lowest BCUT2D eigenvalue weighted by atomic mass is 10.2. The van der Waals surface area contributed by atoms with Gasteiger partial charge in [-0.1, -0.05) is 66.7 Å². The molecular formula is C24H21N5OS. The third-order valence-electron chi connectivity index (χ3n) is 4.59. The number of anilines is 1. The number of aromatic nitrogens is 3. The molecule has 7 heteroatoms. The molecule has 0 saturated carbocycles. The summed E-state index contributed by atoms with van der Waals surface area (Å²) in [6.07, 6.45) is 0. The highest BCUT2D eigenvalue weighted by Gasteiger charge is 2.20. The van der Waals surface area contributed by atoms with Crippen LogP contribution in [0.4, 0.5) is 5.69 Å². The summed E-state index contributed by atoms with van der Waals surface area (Å²) in [5.74, 6) is 0.541. The maximum absolute atomic E-state index is 12.3. The number of hydrogen-bond acceptors (Lipinski definition) is 6. The van der Waals surface area contributed by atoms with Gasteiger partial charge in [0.2, 0.25) is 5.16 Å². The number of hydrogen-bond donors (Lipinski definition) is 1. The van der Waals surface area contributed by atoms with E-state index in [4.69, 9.17) is 0 Å². The predicted octanol–water partition coefficient (Wildman–Crippen LogP) is 5.35. The Bertz CT molecular complexity index is 1220. The number of para-hydroxylation sites is 2. The van der Waals surface area contributed by atoms with E-state index in [0.29, 0.717) is 16.0 Å². The number of ketones is 1. The minimum atomic E-state index is -0.157. The summed E-state index contributed by atoms with van der Waals surface area (Å²) in [7, 11) is 0. The predicted molar refractivity (Wildman–Crippen MR) is 126 cm³/mol. The topological polar surface area (TPSA) is 72.2 Å². The first kappa shape index (κ1) is 20.6. The Morgan fingerprint density at radius 1 is 0.903 bits per heavy atom. The van der Waals surface area contributed by atoms with Crippen LogP contribution in [0.3, 0.4) is 0 Å². The third-order valence-corrected chi connectivity index (χ3v) is 5.61. The van der Waals surface area contributed by atoms with Gasteiger partial charge in [0.15, 0.2) is 16.7 Å². The van der Waals surface area contributed by atoms with E-state index in [0.717, 1.165) is 22.5 Å². The molecule has 0 atom stereocenters. The quantitative estimate of drug-likeness (QED) is 0.194. The number of Topliss-reactive ketones (excluding diaryl/α,β-unsaturated/α-hetero) is 1. The van der Waals surface area contributed by atoms with Crippen molar-refractivity contribution in [2.75, 3.05) is 5.43 Å². The highest BCUT2D eigenvalue weighted by Crippen LogP contribution is 2.29. The number of hydrazone groups is 1. The lowest BCUT2D eigenvalue weighted by Gasteiger charge is -2.11. The second kappa shape index (κ2) is 9.40. The molecule has 0 aliphatic heterocycles. The summed E-state index contributed by atoms with van der Waals surface area (Å²) in [5, 5.41) is 14.0. The maximum Gasteiger partial charge on any atom is 0.202 e. The van der Waals surface area contributed by atoms with Crippen molar-refractivity contribution >= 4 is 28.3 Å². The minimum absolute atomic E-state index is 0.157. The van der Waals surface area contributed by atoms with Gasteiger partial charge in [-0.25, -0.2) is 0 Å². The van der Waals surface area contributed by atoms with Crippen molar-refractivity contribution in [2.24, 2.45) is 5.10 Å². The summed E-state index contributed by atoms with van der Waals surface area (Å²) in [6.45, 7) is 3.48. The van der Waals surface area contributed by atoms with Crippen LogP contribution in [0.25, 0.3) is 17.1 Å². The van der Waals surface area contributed by atoms with Gasteiger partial charge >= 0.3 is 0 Å². The Hall–Kier alpha value is -3.71. The van der Waals surface area contributed by atoms with Gasteiger partial charge in [0.05, 0.1) is 5.69 Å². The number of aryl methyl sites for hydroxylation is 1. The van der Waals surface area contributed by atoms with Crippen LogP contribution in [0.15, 0.2) is 95.2 Å². The molecule has 0 spiro atoms. The van der Waals surface area contributed by atoms with Gasteiger partial charge in [-0.2, -0.15) is 5.10 Å². The number of nitrogens with one attached hydrogen (secondary N) is 1. The number of carbonyl (C=O) groups is 1. The van der Waals surface area contributed by atoms with Crippen molar-refractivity contribution in [2.45, 2.75) is 19.0 Å². The molecular weight excluding hydrogens is 406 g/mol. The largest absolute Gasteiger partial charge is 0.292 e. The number of nitrogens with zero attached hydrogens (tertiary/aromatic N) is 4. The summed E-state index contributed by atoms with van der Waals surface area (Å²) in [4.78, 5) is 12.3. The number of benzene rings is 3. The van der Waals surface area contributed by atoms with E-state index in [2.05, 4.69) is 20.7 Å². The number of thioether (sulfide) groups is 1. The SMILES string of the molecule is CC(=O)/C(=N/Nc1ccccc1C)Sc1nnc(-c2ccccc2)n1-c1ccccc1. The molecule has 0 saturated heterocycles. The summed E-state index contributed by atoms with van der Waals surface area (Å²) in [5.41, 5.74) is 6.73. The Morgan fingerprint density at radius 3 is 2.23 bits per heavy atom. The van der Waals surface area contributed by atoms with E-state index < -0.39 is 0 Å². The highest BCUT2D eigenvalue weighted by atomic mass is 32.2. The third kappa shape index (κ3) is 4.73. The fraction of sp³-hybridized carbons (Fsp3) is 0.0833. The standard InChI is InChI=1S/C24H21N5OS/c1-17-11-9-10-16-21(17)25-27-23(18(2)30)31-24-28-26-22(19-12-5-3-6-13-19)29(24)20-14-7-4-8-15-20/h3-16,25H,1-2H3/b27-23-. The van der Waals surface area contributed by atoms with Crippen LogP contribution in [0.1, 0.15) is 12.5 Å². The fourth-order valence-corrected chi connectivity index (χ4v) is 3.76. The second-order valence-electron chi connectivity index (χ2n) is 6.85. The Labute approximate surface area is 185 Å². The van der Waals surface area contributed by atoms with Gasteiger partial charge in [0.1, 0.15) is 0 Å². The average molecular weight is 428 g/mol. The second-order valence-corrected chi connectivity index (χ2v) is 7.80. The summed E-state index contributed by atoms with van der Waals surface area (Å²) in [6, 6.07) is 27.5. The fourth-order valence-electron chi connectivity index (χ4n) is 2.99. The van der Waals surface area contributed by atoms with Crippen LogP contribution in [0.5, 0.6) is 0 Å². The Morgan fingerprint density at radius 2 is 1.55 bits per heavy atom. The molecule has 3 aromatic carbocycles. The van der Waals surface area contributed by atoms with E-state index in [1.807, 2.05) is 96.4 Å². The van der Waals surface area contributed by atoms with Crippen LogP contribution >= 0.6 is 11.8 Å². The molecule has 4 rings (SSSR count). The van der Waals surface area contributed by atoms with Gasteiger partial charge in [-0.05, 0) is 42.4 Å². The molecule has 0 amide bonds. The first-order valence-corrected chi connectivity index (χ1v) is 10.6. The zero-order chi connectivity index (χ0) is 21.6. The molecule has 0 aliphatic carbocycles. The maximum atomic E-state index is 12.3. The van der Waals surface area contributed by atoms with Gasteiger partial charge in [-0.15, -0.1) is 10.2 Å². The zero-order valence-corrected chi connectivity index (χ0v) is 18.0. The van der Waals surface area contributed by atoms with Crippen molar-refractivity contribution in [3.05, 3.63) is 90.5 Å². The van der Waals surface area contributed by atoms with E-state index in [1.165, 1.54) is 18.7 Å². The van der Waals surface area contributed by atoms with Crippen LogP contribution < -0.4 is 5.43 Å². The van der Waals surface area contributed by atoms with E-state index >= 15 is 0 Å². The molecule has 31 heavy (non-hydrogen) atoms. The molecule has 1 aromatic heterocycles. The highest BCUT2D eigenvalue weighted by molar-refractivity contribution is 8.15. The molecule has 154 valence electrons. The van der Waals surface area contributed by atoms with Crippen LogP contribution in [0, 0.1) is 6.92 Å². The minimum Gasteiger partial charge on any atom is -0.292 e. The van der Waals surface area contributed by atoms with Gasteiger partial charge in [-0.3, -0.25) is 14.8 Å². The van der Waals surface area contributed by atoms with E-state index in [-0.39, 0.29) is 5.78 Å². The first-order chi connectivity index (χ1) is 15.1. The van der Waals surface area contributed by atoms with Crippen LogP contribution in [-0.2, 0) is 4.79 Å². The molecule has 0 radical (unpaired) electrons. The van der Waals surface area contributed by atoms with Crippen molar-refractivity contribution in [1.82, 2.24) is 14.8 Å². The molecule has 1 heterocycles. The first-order valence-electron chi connectivity index (χ1n) is 9.78. The monoisotopic (exact) mass is 427 g/mol. The smallest absolute Gasteiger partial charge is 0.202 e. The zero-order valence-electron chi connectivity index (χ0n) is 17.2. The lowest BCUT2D eigenvalue weighted by Crippen LogP contribution is -2.10. The molecule has 0 unspecified atom stereocenters. The van der Waals surface area contributed by atoms with Crippen LogP contribution in [-0.4, -0.2) is 25.6 Å². The van der Waals surface area contributed by atoms with Gasteiger partial charge < -0.3 is 0 Å². The normalized spacial score (nSPS) is 11.4. The average Bonchev–Trinajstić information content (AvgIpc) is 3.22. The Kier molecular flexibility index (Phi) is 6.24. The number of carbonyl (C=O) groups excluding carboxylic acids is 1. The molecule has 0 bridgehead atoms. The summed E-state index contributed by atoms with van der Waals surface area (Å²) < 4.78 is 1.94. The van der Waals surface area contributed by atoms with Crippen LogP contribution in [0.2, 0.25) is 0 Å². The molecule has 4 aromatic rings. The van der Waals surface area contributed by atoms with Crippen molar-refractivity contribution in [3.63, 3.8) is 0 Å².